The largest absolute Gasteiger partial charge is 0.307 e. The second kappa shape index (κ2) is 6.48. The summed E-state index contributed by atoms with van der Waals surface area (Å²) in [6.07, 6.45) is 2.25. The van der Waals surface area contributed by atoms with Gasteiger partial charge in [-0.1, -0.05) is 37.0 Å². The zero-order chi connectivity index (χ0) is 12.1. The van der Waals surface area contributed by atoms with Crippen LogP contribution in [0, 0.1) is 0 Å². The van der Waals surface area contributed by atoms with Gasteiger partial charge in [0.25, 0.3) is 0 Å². The van der Waals surface area contributed by atoms with E-state index in [-0.39, 0.29) is 6.04 Å². The Morgan fingerprint density at radius 2 is 1.81 bits per heavy atom. The Hall–Kier alpha value is -0.240. The Labute approximate surface area is 108 Å². The summed E-state index contributed by atoms with van der Waals surface area (Å²) in [5.41, 5.74) is 1.07. The molecule has 0 aliphatic carbocycles. The fraction of sp³-hybridized carbons (Fsp3) is 0.538. The molecule has 1 N–H and O–H groups in total. The highest BCUT2D eigenvalue weighted by molar-refractivity contribution is 6.33. The van der Waals surface area contributed by atoms with Crippen LogP contribution in [0.5, 0.6) is 0 Å². The van der Waals surface area contributed by atoms with Gasteiger partial charge in [-0.15, -0.1) is 0 Å². The molecule has 1 atom stereocenters. The quantitative estimate of drug-likeness (QED) is 0.799. The van der Waals surface area contributed by atoms with E-state index in [0.29, 0.717) is 6.04 Å². The smallest absolute Gasteiger partial charge is 0.0454 e. The molecule has 0 aliphatic rings. The Morgan fingerprint density at radius 1 is 1.19 bits per heavy atom. The molecule has 0 saturated heterocycles. The predicted molar refractivity (Wildman–Crippen MR) is 72.4 cm³/mol. The third-order valence-corrected chi connectivity index (χ3v) is 3.48. The number of hydrogen-bond acceptors (Lipinski definition) is 1. The SMILES string of the molecule is CCC(CC)NC(C)c1cc(Cl)ccc1Cl. The van der Waals surface area contributed by atoms with Gasteiger partial charge in [-0.3, -0.25) is 0 Å². The highest BCUT2D eigenvalue weighted by Gasteiger charge is 2.13. The first-order valence-electron chi connectivity index (χ1n) is 5.79. The van der Waals surface area contributed by atoms with Crippen LogP contribution in [-0.4, -0.2) is 6.04 Å². The molecule has 0 fully saturated rings. The van der Waals surface area contributed by atoms with Crippen LogP contribution in [0.25, 0.3) is 0 Å². The molecule has 0 saturated carbocycles. The number of halogens is 2. The lowest BCUT2D eigenvalue weighted by molar-refractivity contribution is 0.432. The maximum atomic E-state index is 6.16. The lowest BCUT2D eigenvalue weighted by Crippen LogP contribution is -2.30. The van der Waals surface area contributed by atoms with Crippen molar-refractivity contribution in [3.63, 3.8) is 0 Å². The average Bonchev–Trinajstić information content (AvgIpc) is 2.28. The van der Waals surface area contributed by atoms with Crippen LogP contribution in [-0.2, 0) is 0 Å². The van der Waals surface area contributed by atoms with Crippen molar-refractivity contribution in [2.24, 2.45) is 0 Å². The Morgan fingerprint density at radius 3 is 2.38 bits per heavy atom. The molecular weight excluding hydrogens is 241 g/mol. The van der Waals surface area contributed by atoms with Gasteiger partial charge in [-0.2, -0.15) is 0 Å². The molecular formula is C13H19Cl2N. The molecule has 0 bridgehead atoms. The van der Waals surface area contributed by atoms with Gasteiger partial charge < -0.3 is 5.32 Å². The Kier molecular flexibility index (Phi) is 5.60. The van der Waals surface area contributed by atoms with Crippen LogP contribution in [0.1, 0.15) is 45.2 Å². The first-order chi connectivity index (χ1) is 7.58. The average molecular weight is 260 g/mol. The zero-order valence-electron chi connectivity index (χ0n) is 10.1. The molecule has 16 heavy (non-hydrogen) atoms. The van der Waals surface area contributed by atoms with Crippen molar-refractivity contribution in [3.8, 4) is 0 Å². The summed E-state index contributed by atoms with van der Waals surface area (Å²) in [6, 6.07) is 6.37. The van der Waals surface area contributed by atoms with E-state index in [1.165, 1.54) is 0 Å². The van der Waals surface area contributed by atoms with Crippen molar-refractivity contribution in [1.29, 1.82) is 0 Å². The molecule has 1 unspecified atom stereocenters. The monoisotopic (exact) mass is 259 g/mol. The standard InChI is InChI=1S/C13H19Cl2N/c1-4-11(5-2)16-9(3)12-8-10(14)6-7-13(12)15/h6-9,11,16H,4-5H2,1-3H3. The van der Waals surface area contributed by atoms with E-state index in [1.807, 2.05) is 18.2 Å². The summed E-state index contributed by atoms with van der Waals surface area (Å²) in [6.45, 7) is 6.50. The van der Waals surface area contributed by atoms with Crippen LogP contribution < -0.4 is 5.32 Å². The third-order valence-electron chi connectivity index (χ3n) is 2.90. The van der Waals surface area contributed by atoms with E-state index in [4.69, 9.17) is 23.2 Å². The van der Waals surface area contributed by atoms with Gasteiger partial charge in [0.2, 0.25) is 0 Å². The second-order valence-corrected chi connectivity index (χ2v) is 4.91. The second-order valence-electron chi connectivity index (χ2n) is 4.07. The summed E-state index contributed by atoms with van der Waals surface area (Å²) in [7, 11) is 0. The van der Waals surface area contributed by atoms with Gasteiger partial charge in [-0.25, -0.2) is 0 Å². The number of hydrogen-bond donors (Lipinski definition) is 1. The molecule has 1 nitrogen and oxygen atoms in total. The van der Waals surface area contributed by atoms with Crippen molar-refractivity contribution in [1.82, 2.24) is 5.32 Å². The van der Waals surface area contributed by atoms with Crippen LogP contribution >= 0.6 is 23.2 Å². The van der Waals surface area contributed by atoms with Crippen LogP contribution in [0.4, 0.5) is 0 Å². The topological polar surface area (TPSA) is 12.0 Å². The predicted octanol–water partition coefficient (Wildman–Crippen LogP) is 4.83. The maximum Gasteiger partial charge on any atom is 0.0454 e. The van der Waals surface area contributed by atoms with Gasteiger partial charge in [0.05, 0.1) is 0 Å². The molecule has 0 amide bonds. The Balaban J connectivity index is 2.79. The highest BCUT2D eigenvalue weighted by Crippen LogP contribution is 2.26. The minimum absolute atomic E-state index is 0.232. The fourth-order valence-electron chi connectivity index (χ4n) is 1.81. The normalized spacial score (nSPS) is 13.1. The summed E-state index contributed by atoms with van der Waals surface area (Å²) in [5, 5.41) is 5.06. The van der Waals surface area contributed by atoms with Crippen LogP contribution in [0.2, 0.25) is 10.0 Å². The Bertz CT molecular complexity index is 335. The molecule has 90 valence electrons. The van der Waals surface area contributed by atoms with E-state index in [9.17, 15) is 0 Å². The van der Waals surface area contributed by atoms with Crippen molar-refractivity contribution >= 4 is 23.2 Å². The van der Waals surface area contributed by atoms with E-state index >= 15 is 0 Å². The lowest BCUT2D eigenvalue weighted by atomic mass is 10.1. The number of benzene rings is 1. The van der Waals surface area contributed by atoms with Gasteiger partial charge in [0, 0.05) is 22.1 Å². The van der Waals surface area contributed by atoms with Crippen molar-refractivity contribution in [3.05, 3.63) is 33.8 Å². The highest BCUT2D eigenvalue weighted by atomic mass is 35.5. The molecule has 1 aromatic rings. The van der Waals surface area contributed by atoms with Crippen molar-refractivity contribution < 1.29 is 0 Å². The minimum atomic E-state index is 0.232. The molecule has 0 aromatic heterocycles. The maximum absolute atomic E-state index is 6.16. The fourth-order valence-corrected chi connectivity index (χ4v) is 2.28. The summed E-state index contributed by atoms with van der Waals surface area (Å²) in [4.78, 5) is 0. The zero-order valence-corrected chi connectivity index (χ0v) is 11.6. The van der Waals surface area contributed by atoms with E-state index < -0.39 is 0 Å². The molecule has 0 heterocycles. The molecule has 1 aromatic carbocycles. The number of nitrogens with one attached hydrogen (secondary N) is 1. The van der Waals surface area contributed by atoms with Crippen molar-refractivity contribution in [2.75, 3.05) is 0 Å². The van der Waals surface area contributed by atoms with Gasteiger partial charge >= 0.3 is 0 Å². The first-order valence-corrected chi connectivity index (χ1v) is 6.55. The van der Waals surface area contributed by atoms with Crippen molar-refractivity contribution in [2.45, 2.75) is 45.7 Å². The molecule has 0 spiro atoms. The van der Waals surface area contributed by atoms with Crippen LogP contribution in [0.15, 0.2) is 18.2 Å². The minimum Gasteiger partial charge on any atom is -0.307 e. The third kappa shape index (κ3) is 3.65. The van der Waals surface area contributed by atoms with Gasteiger partial charge in [0.15, 0.2) is 0 Å². The van der Waals surface area contributed by atoms with Gasteiger partial charge in [0.1, 0.15) is 0 Å². The molecule has 0 radical (unpaired) electrons. The van der Waals surface area contributed by atoms with Gasteiger partial charge in [-0.05, 0) is 43.5 Å². The lowest BCUT2D eigenvalue weighted by Gasteiger charge is -2.22. The number of rotatable bonds is 5. The summed E-state index contributed by atoms with van der Waals surface area (Å²) < 4.78 is 0. The van der Waals surface area contributed by atoms with E-state index in [0.717, 1.165) is 28.5 Å². The van der Waals surface area contributed by atoms with Crippen LogP contribution in [0.3, 0.4) is 0 Å². The summed E-state index contributed by atoms with van der Waals surface area (Å²) in [5.74, 6) is 0. The van der Waals surface area contributed by atoms with E-state index in [1.54, 1.807) is 0 Å². The van der Waals surface area contributed by atoms with E-state index in [2.05, 4.69) is 26.1 Å². The molecule has 0 aliphatic heterocycles. The summed E-state index contributed by atoms with van der Waals surface area (Å²) >= 11 is 12.1. The first kappa shape index (κ1) is 13.8. The molecule has 1 rings (SSSR count). The molecule has 3 heteroatoms.